The minimum absolute atomic E-state index is 0.0597. The number of hydrogen-bond donors (Lipinski definition) is 2. The molecule has 2 aliphatic heterocycles. The van der Waals surface area contributed by atoms with Gasteiger partial charge in [-0.1, -0.05) is 45.9 Å². The number of carbonyl (C=O) groups excluding carboxylic acids is 2. The third-order valence-corrected chi connectivity index (χ3v) is 6.15. The van der Waals surface area contributed by atoms with Crippen LogP contribution in [0, 0.1) is 0 Å². The SMILES string of the molecule is CC1=C(C(=O)O)N2C(=O)C(NC(=O)COc3ccccc3)[C@@H]2SC1=CBr. The third-order valence-electron chi connectivity index (χ3n) is 3.99. The Hall–Kier alpha value is -2.26. The highest BCUT2D eigenvalue weighted by Crippen LogP contribution is 2.46. The molecule has 1 aromatic rings. The number of fused-ring (bicyclic) bond motifs is 1. The van der Waals surface area contributed by atoms with Crippen molar-refractivity contribution in [2.45, 2.75) is 18.3 Å². The van der Waals surface area contributed by atoms with Gasteiger partial charge in [-0.25, -0.2) is 4.79 Å². The van der Waals surface area contributed by atoms with Crippen molar-refractivity contribution >= 4 is 45.5 Å². The number of aliphatic carboxylic acids is 1. The van der Waals surface area contributed by atoms with Gasteiger partial charge in [0.15, 0.2) is 6.61 Å². The summed E-state index contributed by atoms with van der Waals surface area (Å²) in [6.07, 6.45) is 0. The second kappa shape index (κ2) is 7.55. The first-order valence-electron chi connectivity index (χ1n) is 7.66. The van der Waals surface area contributed by atoms with Crippen LogP contribution in [0.5, 0.6) is 5.75 Å². The Morgan fingerprint density at radius 2 is 2.08 bits per heavy atom. The number of thioether (sulfide) groups is 1. The molecule has 136 valence electrons. The largest absolute Gasteiger partial charge is 0.484 e. The van der Waals surface area contributed by atoms with E-state index in [9.17, 15) is 19.5 Å². The minimum Gasteiger partial charge on any atom is -0.484 e. The lowest BCUT2D eigenvalue weighted by atomic mass is 10.0. The summed E-state index contributed by atoms with van der Waals surface area (Å²) in [6.45, 7) is 1.42. The van der Waals surface area contributed by atoms with Crippen LogP contribution in [0.4, 0.5) is 0 Å². The number of allylic oxidation sites excluding steroid dienone is 1. The molecule has 0 radical (unpaired) electrons. The molecule has 2 aliphatic rings. The van der Waals surface area contributed by atoms with E-state index in [2.05, 4.69) is 21.2 Å². The van der Waals surface area contributed by atoms with Crippen LogP contribution in [-0.2, 0) is 14.4 Å². The molecule has 0 aliphatic carbocycles. The van der Waals surface area contributed by atoms with Crippen molar-refractivity contribution in [3.05, 3.63) is 51.5 Å². The van der Waals surface area contributed by atoms with Gasteiger partial charge in [0.25, 0.3) is 11.8 Å². The quantitative estimate of drug-likeness (QED) is 0.683. The molecule has 26 heavy (non-hydrogen) atoms. The normalized spacial score (nSPS) is 23.4. The Morgan fingerprint density at radius 3 is 2.69 bits per heavy atom. The van der Waals surface area contributed by atoms with E-state index >= 15 is 0 Å². The molecule has 0 bridgehead atoms. The third kappa shape index (κ3) is 3.36. The maximum atomic E-state index is 12.4. The zero-order valence-corrected chi connectivity index (χ0v) is 16.0. The summed E-state index contributed by atoms with van der Waals surface area (Å²) < 4.78 is 5.36. The van der Waals surface area contributed by atoms with Gasteiger partial charge in [0, 0.05) is 4.91 Å². The zero-order valence-electron chi connectivity index (χ0n) is 13.6. The average Bonchev–Trinajstić information content (AvgIpc) is 2.64. The van der Waals surface area contributed by atoms with Crippen LogP contribution >= 0.6 is 27.7 Å². The summed E-state index contributed by atoms with van der Waals surface area (Å²) in [5.74, 6) is -1.52. The molecule has 2 amide bonds. The lowest BCUT2D eigenvalue weighted by molar-refractivity contribution is -0.150. The summed E-state index contributed by atoms with van der Waals surface area (Å²) in [7, 11) is 0. The number of carboxylic acid groups (broad SMARTS) is 1. The molecule has 9 heteroatoms. The van der Waals surface area contributed by atoms with E-state index in [-0.39, 0.29) is 12.3 Å². The van der Waals surface area contributed by atoms with Crippen molar-refractivity contribution in [2.75, 3.05) is 6.61 Å². The first kappa shape index (κ1) is 18.5. The Bertz CT molecular complexity index is 824. The van der Waals surface area contributed by atoms with Crippen molar-refractivity contribution < 1.29 is 24.2 Å². The molecular formula is C17H15BrN2O5S. The zero-order chi connectivity index (χ0) is 18.8. The molecule has 2 N–H and O–H groups in total. The van der Waals surface area contributed by atoms with Crippen molar-refractivity contribution in [3.63, 3.8) is 0 Å². The minimum atomic E-state index is -1.18. The molecule has 0 spiro atoms. The second-order valence-corrected chi connectivity index (χ2v) is 7.23. The summed E-state index contributed by atoms with van der Waals surface area (Å²) in [4.78, 5) is 39.6. The number of ether oxygens (including phenoxy) is 1. The van der Waals surface area contributed by atoms with E-state index in [1.54, 1.807) is 36.2 Å². The van der Waals surface area contributed by atoms with Crippen LogP contribution in [0.25, 0.3) is 0 Å². The molecule has 3 rings (SSSR count). The molecule has 0 aromatic heterocycles. The van der Waals surface area contributed by atoms with E-state index in [0.717, 1.165) is 0 Å². The van der Waals surface area contributed by atoms with Crippen LogP contribution < -0.4 is 10.1 Å². The van der Waals surface area contributed by atoms with E-state index in [4.69, 9.17) is 4.74 Å². The van der Waals surface area contributed by atoms with Gasteiger partial charge in [-0.3, -0.25) is 14.5 Å². The molecule has 2 atom stereocenters. The van der Waals surface area contributed by atoms with Gasteiger partial charge in [-0.2, -0.15) is 0 Å². The highest BCUT2D eigenvalue weighted by atomic mass is 79.9. The molecule has 2 heterocycles. The van der Waals surface area contributed by atoms with Crippen molar-refractivity contribution in [1.29, 1.82) is 0 Å². The molecule has 1 aromatic carbocycles. The van der Waals surface area contributed by atoms with Gasteiger partial charge in [0.05, 0.1) is 0 Å². The number of carbonyl (C=O) groups is 3. The Morgan fingerprint density at radius 1 is 1.38 bits per heavy atom. The standard InChI is InChI=1S/C17H15BrN2O5S/c1-9-11(7-18)26-16-13(15(22)20(16)14(9)17(23)24)19-12(21)8-25-10-5-3-2-4-6-10/h2-7,13,16H,8H2,1H3,(H,19,21)(H,23,24)/t13?,16-/m0/s1. The highest BCUT2D eigenvalue weighted by Gasteiger charge is 2.54. The smallest absolute Gasteiger partial charge is 0.352 e. The fourth-order valence-electron chi connectivity index (χ4n) is 2.72. The number of halogens is 1. The lowest BCUT2D eigenvalue weighted by Crippen LogP contribution is -2.70. The predicted molar refractivity (Wildman–Crippen MR) is 99.4 cm³/mol. The fraction of sp³-hybridized carbons (Fsp3) is 0.235. The molecule has 0 saturated carbocycles. The summed E-state index contributed by atoms with van der Waals surface area (Å²) >= 11 is 4.54. The molecule has 1 fully saturated rings. The molecular weight excluding hydrogens is 424 g/mol. The molecule has 7 nitrogen and oxygen atoms in total. The van der Waals surface area contributed by atoms with Gasteiger partial charge in [-0.15, -0.1) is 0 Å². The predicted octanol–water partition coefficient (Wildman–Crippen LogP) is 2.06. The Balaban J connectivity index is 1.67. The number of rotatable bonds is 5. The van der Waals surface area contributed by atoms with E-state index in [1.807, 2.05) is 6.07 Å². The molecule has 1 unspecified atom stereocenters. The average molecular weight is 439 g/mol. The maximum Gasteiger partial charge on any atom is 0.352 e. The van der Waals surface area contributed by atoms with Crippen LogP contribution in [0.3, 0.4) is 0 Å². The van der Waals surface area contributed by atoms with E-state index < -0.39 is 29.2 Å². The molecule has 1 saturated heterocycles. The first-order chi connectivity index (χ1) is 12.4. The monoisotopic (exact) mass is 438 g/mol. The fourth-order valence-corrected chi connectivity index (χ4v) is 4.61. The number of carboxylic acids is 1. The summed E-state index contributed by atoms with van der Waals surface area (Å²) in [5, 5.41) is 11.6. The van der Waals surface area contributed by atoms with Crippen molar-refractivity contribution in [2.24, 2.45) is 0 Å². The number of β-lactam (4-membered cyclic amide) rings is 1. The van der Waals surface area contributed by atoms with Crippen LogP contribution in [0.15, 0.2) is 51.5 Å². The van der Waals surface area contributed by atoms with Crippen LogP contribution in [0.1, 0.15) is 6.92 Å². The number of para-hydroxylation sites is 1. The summed E-state index contributed by atoms with van der Waals surface area (Å²) in [5.41, 5.74) is 0.441. The van der Waals surface area contributed by atoms with E-state index in [1.165, 1.54) is 16.7 Å². The van der Waals surface area contributed by atoms with Gasteiger partial charge in [-0.05, 0) is 29.6 Å². The highest BCUT2D eigenvalue weighted by molar-refractivity contribution is 9.11. The van der Waals surface area contributed by atoms with Crippen molar-refractivity contribution in [1.82, 2.24) is 10.2 Å². The van der Waals surface area contributed by atoms with Gasteiger partial charge in [0.1, 0.15) is 22.9 Å². The van der Waals surface area contributed by atoms with Crippen molar-refractivity contribution in [3.8, 4) is 5.75 Å². The van der Waals surface area contributed by atoms with E-state index in [0.29, 0.717) is 16.2 Å². The number of benzene rings is 1. The first-order valence-corrected chi connectivity index (χ1v) is 9.45. The lowest BCUT2D eigenvalue weighted by Gasteiger charge is -2.49. The number of amides is 2. The topological polar surface area (TPSA) is 95.9 Å². The van der Waals surface area contributed by atoms with Gasteiger partial charge < -0.3 is 15.2 Å². The van der Waals surface area contributed by atoms with Gasteiger partial charge >= 0.3 is 5.97 Å². The summed E-state index contributed by atoms with van der Waals surface area (Å²) in [6, 6.07) is 8.06. The Labute approximate surface area is 162 Å². The van der Waals surface area contributed by atoms with Crippen LogP contribution in [0.2, 0.25) is 0 Å². The number of hydrogen-bond acceptors (Lipinski definition) is 5. The van der Waals surface area contributed by atoms with Crippen LogP contribution in [-0.4, -0.2) is 45.8 Å². The number of nitrogens with one attached hydrogen (secondary N) is 1. The maximum absolute atomic E-state index is 12.4. The Kier molecular flexibility index (Phi) is 5.38. The second-order valence-electron chi connectivity index (χ2n) is 5.62. The number of nitrogens with zero attached hydrogens (tertiary/aromatic N) is 1. The van der Waals surface area contributed by atoms with Gasteiger partial charge in [0.2, 0.25) is 0 Å².